The molecule has 0 bridgehead atoms. The van der Waals surface area contributed by atoms with Crippen molar-refractivity contribution in [3.8, 4) is 5.75 Å². The zero-order valence-corrected chi connectivity index (χ0v) is 13.0. The van der Waals surface area contributed by atoms with E-state index in [0.717, 1.165) is 27.9 Å². The van der Waals surface area contributed by atoms with E-state index in [0.29, 0.717) is 0 Å². The number of likely N-dealkylation sites (N-methyl/N-ethyl adjacent to an activating group) is 1. The Morgan fingerprint density at radius 3 is 2.91 bits per heavy atom. The fourth-order valence-electron chi connectivity index (χ4n) is 2.51. The van der Waals surface area contributed by atoms with Crippen LogP contribution in [0.2, 0.25) is 0 Å². The molecule has 3 N–H and O–H groups in total. The lowest BCUT2D eigenvalue weighted by Gasteiger charge is -2.17. The van der Waals surface area contributed by atoms with E-state index in [-0.39, 0.29) is 5.91 Å². The molecule has 0 saturated heterocycles. The van der Waals surface area contributed by atoms with E-state index in [9.17, 15) is 4.79 Å². The molecule has 118 valence electrons. The van der Waals surface area contributed by atoms with E-state index in [1.54, 1.807) is 20.4 Å². The second-order valence-corrected chi connectivity index (χ2v) is 5.16. The van der Waals surface area contributed by atoms with E-state index in [4.69, 9.17) is 4.74 Å². The van der Waals surface area contributed by atoms with Crippen LogP contribution in [0.15, 0.2) is 48.7 Å². The first-order valence-corrected chi connectivity index (χ1v) is 7.26. The molecule has 1 atom stereocenters. The Kier molecular flexibility index (Phi) is 4.25. The number of nitrogens with zero attached hydrogens (tertiary/aromatic N) is 1. The Labute approximate surface area is 133 Å². The number of anilines is 1. The minimum atomic E-state index is -0.467. The van der Waals surface area contributed by atoms with E-state index in [1.165, 1.54) is 0 Å². The standard InChI is InChI=1S/C17H18N4O2/c1-18-16(11-4-3-5-14(9-11)23-2)17(22)20-13-6-7-15-12(8-13)10-19-21-15/h3-10,16,18H,1-2H3,(H,19,21)(H,20,22)/t16-/m1/s1. The van der Waals surface area contributed by atoms with Crippen molar-refractivity contribution in [3.05, 3.63) is 54.2 Å². The van der Waals surface area contributed by atoms with Gasteiger partial charge in [-0.15, -0.1) is 0 Å². The molecule has 6 nitrogen and oxygen atoms in total. The maximum absolute atomic E-state index is 12.6. The molecule has 3 aromatic rings. The average molecular weight is 310 g/mol. The second kappa shape index (κ2) is 6.50. The van der Waals surface area contributed by atoms with Gasteiger partial charge in [-0.2, -0.15) is 5.10 Å². The Morgan fingerprint density at radius 1 is 1.26 bits per heavy atom. The summed E-state index contributed by atoms with van der Waals surface area (Å²) in [6.07, 6.45) is 1.72. The largest absolute Gasteiger partial charge is 0.497 e. The molecule has 0 saturated carbocycles. The lowest BCUT2D eigenvalue weighted by Crippen LogP contribution is -2.30. The molecule has 0 radical (unpaired) electrons. The highest BCUT2D eigenvalue weighted by Crippen LogP contribution is 2.22. The highest BCUT2D eigenvalue weighted by molar-refractivity contribution is 5.97. The van der Waals surface area contributed by atoms with Gasteiger partial charge in [-0.3, -0.25) is 9.89 Å². The molecular weight excluding hydrogens is 292 g/mol. The number of aromatic amines is 1. The van der Waals surface area contributed by atoms with Crippen LogP contribution in [0, 0.1) is 0 Å². The molecule has 0 aliphatic heterocycles. The predicted octanol–water partition coefficient (Wildman–Crippen LogP) is 2.47. The third-order valence-electron chi connectivity index (χ3n) is 3.69. The summed E-state index contributed by atoms with van der Waals surface area (Å²) in [5, 5.41) is 13.8. The molecule has 0 aliphatic rings. The Bertz CT molecular complexity index is 828. The van der Waals surface area contributed by atoms with Gasteiger partial charge in [0, 0.05) is 11.1 Å². The average Bonchev–Trinajstić information content (AvgIpc) is 3.03. The monoisotopic (exact) mass is 310 g/mol. The zero-order chi connectivity index (χ0) is 16.2. The van der Waals surface area contributed by atoms with Gasteiger partial charge in [-0.1, -0.05) is 12.1 Å². The van der Waals surface area contributed by atoms with E-state index in [1.807, 2.05) is 42.5 Å². The van der Waals surface area contributed by atoms with Gasteiger partial charge in [0.15, 0.2) is 0 Å². The fourth-order valence-corrected chi connectivity index (χ4v) is 2.51. The van der Waals surface area contributed by atoms with Gasteiger partial charge in [0.05, 0.1) is 18.8 Å². The summed E-state index contributed by atoms with van der Waals surface area (Å²) in [5.74, 6) is 0.582. The molecule has 6 heteroatoms. The third-order valence-corrected chi connectivity index (χ3v) is 3.69. The summed E-state index contributed by atoms with van der Waals surface area (Å²) >= 11 is 0. The third kappa shape index (κ3) is 3.17. The number of hydrogen-bond donors (Lipinski definition) is 3. The lowest BCUT2D eigenvalue weighted by atomic mass is 10.1. The number of benzene rings is 2. The molecule has 0 unspecified atom stereocenters. The molecular formula is C17H18N4O2. The number of fused-ring (bicyclic) bond motifs is 1. The number of ether oxygens (including phenoxy) is 1. The summed E-state index contributed by atoms with van der Waals surface area (Å²) in [6.45, 7) is 0. The van der Waals surface area contributed by atoms with Crippen molar-refractivity contribution in [2.75, 3.05) is 19.5 Å². The van der Waals surface area contributed by atoms with Crippen LogP contribution in [0.3, 0.4) is 0 Å². The molecule has 1 heterocycles. The van der Waals surface area contributed by atoms with Gasteiger partial charge in [0.2, 0.25) is 5.91 Å². The quantitative estimate of drug-likeness (QED) is 0.676. The Hall–Kier alpha value is -2.86. The lowest BCUT2D eigenvalue weighted by molar-refractivity contribution is -0.118. The molecule has 1 aromatic heterocycles. The first-order valence-electron chi connectivity index (χ1n) is 7.26. The predicted molar refractivity (Wildman–Crippen MR) is 89.5 cm³/mol. The van der Waals surface area contributed by atoms with Crippen molar-refractivity contribution in [3.63, 3.8) is 0 Å². The second-order valence-electron chi connectivity index (χ2n) is 5.16. The van der Waals surface area contributed by atoms with Crippen molar-refractivity contribution < 1.29 is 9.53 Å². The highest BCUT2D eigenvalue weighted by atomic mass is 16.5. The SMILES string of the molecule is CN[C@@H](C(=O)Nc1ccc2[nH]ncc2c1)c1cccc(OC)c1. The van der Waals surface area contributed by atoms with E-state index < -0.39 is 6.04 Å². The molecule has 0 aliphatic carbocycles. The van der Waals surface area contributed by atoms with E-state index in [2.05, 4.69) is 20.8 Å². The first kappa shape index (κ1) is 15.1. The number of rotatable bonds is 5. The van der Waals surface area contributed by atoms with E-state index >= 15 is 0 Å². The van der Waals surface area contributed by atoms with Crippen molar-refractivity contribution in [1.29, 1.82) is 0 Å². The molecule has 23 heavy (non-hydrogen) atoms. The van der Waals surface area contributed by atoms with Crippen LogP contribution in [-0.2, 0) is 4.79 Å². The minimum absolute atomic E-state index is 0.136. The van der Waals surface area contributed by atoms with Gasteiger partial charge >= 0.3 is 0 Å². The van der Waals surface area contributed by atoms with Crippen LogP contribution in [-0.4, -0.2) is 30.3 Å². The number of H-pyrrole nitrogens is 1. The van der Waals surface area contributed by atoms with Gasteiger partial charge in [-0.05, 0) is 42.9 Å². The van der Waals surface area contributed by atoms with Crippen LogP contribution in [0.25, 0.3) is 10.9 Å². The molecule has 3 rings (SSSR count). The summed E-state index contributed by atoms with van der Waals surface area (Å²) < 4.78 is 5.22. The normalized spacial score (nSPS) is 12.1. The van der Waals surface area contributed by atoms with Gasteiger partial charge in [-0.25, -0.2) is 0 Å². The molecule has 1 amide bonds. The highest BCUT2D eigenvalue weighted by Gasteiger charge is 2.19. The summed E-state index contributed by atoms with van der Waals surface area (Å²) in [6, 6.07) is 12.6. The summed E-state index contributed by atoms with van der Waals surface area (Å²) in [4.78, 5) is 12.6. The van der Waals surface area contributed by atoms with Crippen LogP contribution in [0.1, 0.15) is 11.6 Å². The number of methoxy groups -OCH3 is 1. The van der Waals surface area contributed by atoms with Crippen LogP contribution in [0.5, 0.6) is 5.75 Å². The molecule has 2 aromatic carbocycles. The number of amides is 1. The molecule has 0 spiro atoms. The maximum Gasteiger partial charge on any atom is 0.246 e. The summed E-state index contributed by atoms with van der Waals surface area (Å²) in [7, 11) is 3.36. The first-order chi connectivity index (χ1) is 11.2. The summed E-state index contributed by atoms with van der Waals surface area (Å²) in [5.41, 5.74) is 2.50. The number of carbonyl (C=O) groups excluding carboxylic acids is 1. The van der Waals surface area contributed by atoms with Crippen LogP contribution < -0.4 is 15.4 Å². The van der Waals surface area contributed by atoms with Crippen molar-refractivity contribution >= 4 is 22.5 Å². The zero-order valence-electron chi connectivity index (χ0n) is 13.0. The topological polar surface area (TPSA) is 79.0 Å². The van der Waals surface area contributed by atoms with Gasteiger partial charge < -0.3 is 15.4 Å². The Morgan fingerprint density at radius 2 is 2.13 bits per heavy atom. The smallest absolute Gasteiger partial charge is 0.246 e. The number of carbonyl (C=O) groups is 1. The number of aromatic nitrogens is 2. The van der Waals surface area contributed by atoms with Gasteiger partial charge in [0.25, 0.3) is 0 Å². The van der Waals surface area contributed by atoms with Crippen molar-refractivity contribution in [2.24, 2.45) is 0 Å². The maximum atomic E-state index is 12.6. The molecule has 0 fully saturated rings. The number of hydrogen-bond acceptors (Lipinski definition) is 4. The minimum Gasteiger partial charge on any atom is -0.497 e. The fraction of sp³-hybridized carbons (Fsp3) is 0.176. The van der Waals surface area contributed by atoms with Crippen LogP contribution in [0.4, 0.5) is 5.69 Å². The Balaban J connectivity index is 1.81. The van der Waals surface area contributed by atoms with Crippen molar-refractivity contribution in [2.45, 2.75) is 6.04 Å². The van der Waals surface area contributed by atoms with Gasteiger partial charge in [0.1, 0.15) is 11.8 Å². The van der Waals surface area contributed by atoms with Crippen LogP contribution >= 0.6 is 0 Å². The number of nitrogens with one attached hydrogen (secondary N) is 3. The van der Waals surface area contributed by atoms with Crippen molar-refractivity contribution in [1.82, 2.24) is 15.5 Å².